The molecule has 2 saturated heterocycles. The minimum absolute atomic E-state index is 0.240. The Labute approximate surface area is 95.8 Å². The minimum atomic E-state index is -3.63. The average molecular weight is 269 g/mol. The van der Waals surface area contributed by atoms with E-state index in [2.05, 4.69) is 0 Å². The highest BCUT2D eigenvalue weighted by Gasteiger charge is 2.57. The van der Waals surface area contributed by atoms with Crippen molar-refractivity contribution in [3.05, 3.63) is 0 Å². The summed E-state index contributed by atoms with van der Waals surface area (Å²) in [4.78, 5) is 0. The second kappa shape index (κ2) is 3.41. The number of nitrogens with zero attached hydrogens (tertiary/aromatic N) is 1. The van der Waals surface area contributed by atoms with Gasteiger partial charge in [0.1, 0.15) is 6.10 Å². The lowest BCUT2D eigenvalue weighted by molar-refractivity contribution is 0.108. The first-order valence-corrected chi connectivity index (χ1v) is 8.46. The Balaban J connectivity index is 2.36. The molecule has 0 aromatic carbocycles. The van der Waals surface area contributed by atoms with Crippen LogP contribution in [0.3, 0.4) is 0 Å². The third-order valence-electron chi connectivity index (χ3n) is 3.30. The summed E-state index contributed by atoms with van der Waals surface area (Å²) in [6, 6.07) is 0. The maximum absolute atomic E-state index is 11.8. The van der Waals surface area contributed by atoms with Crippen LogP contribution >= 0.6 is 0 Å². The standard InChI is InChI=1S/C8H15NO5S2/c1-8-4-3-5-9(8)16(12,13)6-7(8)14-15(2,10)11/h7H,3-6H2,1-2H3/t7-,8+/m0/s1. The van der Waals surface area contributed by atoms with Gasteiger partial charge in [0.05, 0.1) is 17.5 Å². The van der Waals surface area contributed by atoms with E-state index in [9.17, 15) is 16.8 Å². The Kier molecular flexibility index (Phi) is 2.62. The van der Waals surface area contributed by atoms with Gasteiger partial charge in [-0.1, -0.05) is 0 Å². The van der Waals surface area contributed by atoms with Crippen molar-refractivity contribution in [2.75, 3.05) is 18.6 Å². The lowest BCUT2D eigenvalue weighted by Gasteiger charge is -2.29. The summed E-state index contributed by atoms with van der Waals surface area (Å²) in [5.74, 6) is -0.240. The summed E-state index contributed by atoms with van der Waals surface area (Å²) >= 11 is 0. The van der Waals surface area contributed by atoms with Crippen LogP contribution in [-0.2, 0) is 24.3 Å². The predicted octanol–water partition coefficient (Wildman–Crippen LogP) is -0.471. The molecule has 0 spiro atoms. The van der Waals surface area contributed by atoms with Gasteiger partial charge in [0, 0.05) is 6.54 Å². The zero-order chi connectivity index (χ0) is 12.2. The minimum Gasteiger partial charge on any atom is -0.264 e. The molecule has 2 rings (SSSR count). The highest BCUT2D eigenvalue weighted by molar-refractivity contribution is 7.89. The maximum Gasteiger partial charge on any atom is 0.264 e. The van der Waals surface area contributed by atoms with Crippen molar-refractivity contribution in [3.8, 4) is 0 Å². The molecule has 2 heterocycles. The first-order valence-electron chi connectivity index (χ1n) is 5.04. The summed E-state index contributed by atoms with van der Waals surface area (Å²) in [6.07, 6.45) is 1.56. The molecule has 6 nitrogen and oxygen atoms in total. The quantitative estimate of drug-likeness (QED) is 0.633. The van der Waals surface area contributed by atoms with E-state index in [1.165, 1.54) is 4.31 Å². The van der Waals surface area contributed by atoms with Crippen molar-refractivity contribution in [2.24, 2.45) is 0 Å². The third-order valence-corrected chi connectivity index (χ3v) is 5.87. The topological polar surface area (TPSA) is 80.8 Å². The molecule has 0 aliphatic carbocycles. The molecule has 0 bridgehead atoms. The number of sulfonamides is 1. The first kappa shape index (κ1) is 12.3. The van der Waals surface area contributed by atoms with Gasteiger partial charge in [0.15, 0.2) is 0 Å². The Morgan fingerprint density at radius 2 is 2.06 bits per heavy atom. The normalized spacial score (nSPS) is 38.8. The molecule has 0 N–H and O–H groups in total. The van der Waals surface area contributed by atoms with Crippen LogP contribution in [-0.4, -0.2) is 51.3 Å². The summed E-state index contributed by atoms with van der Waals surface area (Å²) < 4.78 is 52.1. The van der Waals surface area contributed by atoms with E-state index in [0.29, 0.717) is 13.0 Å². The number of rotatable bonds is 2. The van der Waals surface area contributed by atoms with Crippen LogP contribution in [0, 0.1) is 0 Å². The van der Waals surface area contributed by atoms with Crippen molar-refractivity contribution < 1.29 is 21.0 Å². The fourth-order valence-electron chi connectivity index (χ4n) is 2.54. The molecule has 2 fully saturated rings. The lowest BCUT2D eigenvalue weighted by atomic mass is 9.94. The molecular weight excluding hydrogens is 254 g/mol. The predicted molar refractivity (Wildman–Crippen MR) is 57.8 cm³/mol. The molecule has 0 amide bonds. The molecule has 0 radical (unpaired) electrons. The van der Waals surface area contributed by atoms with Crippen LogP contribution in [0.4, 0.5) is 0 Å². The molecular formula is C8H15NO5S2. The van der Waals surface area contributed by atoms with Gasteiger partial charge in [-0.3, -0.25) is 4.18 Å². The Bertz CT molecular complexity index is 495. The molecule has 2 atom stereocenters. The molecule has 0 unspecified atom stereocenters. The van der Waals surface area contributed by atoms with Crippen LogP contribution < -0.4 is 0 Å². The number of hydrogen-bond acceptors (Lipinski definition) is 5. The lowest BCUT2D eigenvalue weighted by Crippen LogP contribution is -2.45. The van der Waals surface area contributed by atoms with Crippen LogP contribution in [0.25, 0.3) is 0 Å². The van der Waals surface area contributed by atoms with E-state index < -0.39 is 31.8 Å². The van der Waals surface area contributed by atoms with Crippen LogP contribution in [0.1, 0.15) is 19.8 Å². The van der Waals surface area contributed by atoms with Crippen LogP contribution in [0.2, 0.25) is 0 Å². The fraction of sp³-hybridized carbons (Fsp3) is 1.00. The maximum atomic E-state index is 11.8. The molecule has 16 heavy (non-hydrogen) atoms. The van der Waals surface area contributed by atoms with Gasteiger partial charge < -0.3 is 0 Å². The molecule has 8 heteroatoms. The largest absolute Gasteiger partial charge is 0.264 e. The molecule has 0 aromatic heterocycles. The first-order chi connectivity index (χ1) is 7.15. The summed E-state index contributed by atoms with van der Waals surface area (Å²) in [6.45, 7) is 2.21. The average Bonchev–Trinajstić information content (AvgIpc) is 2.50. The van der Waals surface area contributed by atoms with Crippen molar-refractivity contribution in [3.63, 3.8) is 0 Å². The van der Waals surface area contributed by atoms with Crippen molar-refractivity contribution in [2.45, 2.75) is 31.4 Å². The van der Waals surface area contributed by atoms with Gasteiger partial charge >= 0.3 is 0 Å². The molecule has 0 saturated carbocycles. The SMILES string of the molecule is C[C@]12CCCN1S(=O)(=O)C[C@@H]2OS(C)(=O)=O. The summed E-state index contributed by atoms with van der Waals surface area (Å²) in [5.41, 5.74) is -0.693. The number of hydrogen-bond donors (Lipinski definition) is 0. The molecule has 2 aliphatic rings. The highest BCUT2D eigenvalue weighted by atomic mass is 32.2. The van der Waals surface area contributed by atoms with Crippen molar-refractivity contribution in [1.29, 1.82) is 0 Å². The molecule has 0 aromatic rings. The second-order valence-corrected chi connectivity index (χ2v) is 8.14. The van der Waals surface area contributed by atoms with E-state index in [1.807, 2.05) is 0 Å². The van der Waals surface area contributed by atoms with E-state index in [4.69, 9.17) is 4.18 Å². The van der Waals surface area contributed by atoms with Crippen molar-refractivity contribution >= 4 is 20.1 Å². The zero-order valence-electron chi connectivity index (χ0n) is 9.21. The Hall–Kier alpha value is -0.180. The summed E-state index contributed by atoms with van der Waals surface area (Å²) in [7, 11) is -6.99. The van der Waals surface area contributed by atoms with Crippen molar-refractivity contribution in [1.82, 2.24) is 4.31 Å². The Morgan fingerprint density at radius 1 is 1.44 bits per heavy atom. The van der Waals surface area contributed by atoms with Gasteiger partial charge in [-0.05, 0) is 19.8 Å². The zero-order valence-corrected chi connectivity index (χ0v) is 10.8. The van der Waals surface area contributed by atoms with Gasteiger partial charge in [0.2, 0.25) is 10.0 Å². The van der Waals surface area contributed by atoms with Gasteiger partial charge in [-0.15, -0.1) is 0 Å². The van der Waals surface area contributed by atoms with Crippen LogP contribution in [0.5, 0.6) is 0 Å². The molecule has 94 valence electrons. The Morgan fingerprint density at radius 3 is 2.62 bits per heavy atom. The second-order valence-electron chi connectivity index (χ2n) is 4.60. The summed E-state index contributed by atoms with van der Waals surface area (Å²) in [5, 5.41) is 0. The monoisotopic (exact) mass is 269 g/mol. The van der Waals surface area contributed by atoms with Crippen LogP contribution in [0.15, 0.2) is 0 Å². The fourth-order valence-corrected chi connectivity index (χ4v) is 5.57. The van der Waals surface area contributed by atoms with Gasteiger partial charge in [0.25, 0.3) is 10.1 Å². The van der Waals surface area contributed by atoms with E-state index in [1.54, 1.807) is 6.92 Å². The third kappa shape index (κ3) is 1.87. The van der Waals surface area contributed by atoms with Gasteiger partial charge in [-0.25, -0.2) is 8.42 Å². The highest BCUT2D eigenvalue weighted by Crippen LogP contribution is 2.42. The van der Waals surface area contributed by atoms with E-state index in [-0.39, 0.29) is 5.75 Å². The smallest absolute Gasteiger partial charge is 0.264 e. The number of fused-ring (bicyclic) bond motifs is 1. The molecule has 2 aliphatic heterocycles. The van der Waals surface area contributed by atoms with Gasteiger partial charge in [-0.2, -0.15) is 12.7 Å². The van der Waals surface area contributed by atoms with E-state index in [0.717, 1.165) is 12.7 Å². The van der Waals surface area contributed by atoms with E-state index >= 15 is 0 Å².